The second-order valence-corrected chi connectivity index (χ2v) is 17.4. The fraction of sp³-hybridized carbons (Fsp3) is 0.905. The number of hydrogen-bond donors (Lipinski definition) is 1. The molecule has 0 unspecified atom stereocenters. The Morgan fingerprint density at radius 2 is 1.53 bits per heavy atom. The van der Waals surface area contributed by atoms with Crippen molar-refractivity contribution in [2.45, 2.75) is 179 Å². The van der Waals surface area contributed by atoms with Crippen molar-refractivity contribution in [1.82, 2.24) is 4.90 Å². The Balaban J connectivity index is 2.27. The van der Waals surface area contributed by atoms with Crippen molar-refractivity contribution >= 4 is 12.3 Å². The second kappa shape index (κ2) is 20.0. The molecule has 0 bridgehead atoms. The molecule has 3 aliphatic heterocycles. The van der Waals surface area contributed by atoms with Gasteiger partial charge >= 0.3 is 5.97 Å². The van der Waals surface area contributed by atoms with Gasteiger partial charge in [-0.15, -0.1) is 0 Å². The molecule has 0 aliphatic carbocycles. The number of cyclic esters (lactones) is 1. The van der Waals surface area contributed by atoms with Gasteiger partial charge in [-0.3, -0.25) is 4.79 Å². The summed E-state index contributed by atoms with van der Waals surface area (Å²) in [7, 11) is 10.6. The van der Waals surface area contributed by atoms with Crippen LogP contribution < -0.4 is 0 Å². The predicted octanol–water partition coefficient (Wildman–Crippen LogP) is 5.33. The minimum Gasteiger partial charge on any atom is -0.459 e. The highest BCUT2D eigenvalue weighted by Crippen LogP contribution is 2.43. The van der Waals surface area contributed by atoms with Crippen LogP contribution in [0.3, 0.4) is 0 Å². The van der Waals surface area contributed by atoms with E-state index >= 15 is 0 Å². The summed E-state index contributed by atoms with van der Waals surface area (Å²) in [4.78, 5) is 28.6. The number of carbonyl (C=O) groups is 2. The van der Waals surface area contributed by atoms with Crippen LogP contribution in [0, 0.1) is 23.7 Å². The highest BCUT2D eigenvalue weighted by molar-refractivity contribution is 5.73. The molecule has 1 N–H and O–H groups in total. The van der Waals surface area contributed by atoms with E-state index in [0.29, 0.717) is 19.3 Å². The van der Waals surface area contributed by atoms with Gasteiger partial charge in [-0.05, 0) is 87.7 Å². The molecule has 0 saturated carbocycles. The van der Waals surface area contributed by atoms with Crippen molar-refractivity contribution in [2.24, 2.45) is 23.7 Å². The molecule has 2 saturated heterocycles. The van der Waals surface area contributed by atoms with Crippen LogP contribution in [0.2, 0.25) is 0 Å². The summed E-state index contributed by atoms with van der Waals surface area (Å²) in [6.07, 6.45) is -0.512. The lowest BCUT2D eigenvalue weighted by molar-refractivity contribution is -0.322. The molecule has 0 amide bonds. The van der Waals surface area contributed by atoms with E-state index < -0.39 is 83.6 Å². The van der Waals surface area contributed by atoms with Crippen LogP contribution in [0.1, 0.15) is 101 Å². The maximum absolute atomic E-state index is 14.5. The number of esters is 1. The molecular formula is C42H75NO12. The Morgan fingerprint density at radius 1 is 0.909 bits per heavy atom. The van der Waals surface area contributed by atoms with E-state index in [1.807, 2.05) is 62.6 Å². The van der Waals surface area contributed by atoms with Gasteiger partial charge in [0.2, 0.25) is 0 Å². The highest BCUT2D eigenvalue weighted by atomic mass is 16.7. The second-order valence-electron chi connectivity index (χ2n) is 17.4. The number of methoxy groups -OCH3 is 4. The zero-order chi connectivity index (χ0) is 41.6. The molecular weight excluding hydrogens is 710 g/mol. The predicted molar refractivity (Wildman–Crippen MR) is 208 cm³/mol. The van der Waals surface area contributed by atoms with Gasteiger partial charge < -0.3 is 57.4 Å². The molecule has 0 spiro atoms. The minimum absolute atomic E-state index is 0.0120. The Hall–Kier alpha value is -1.52. The van der Waals surface area contributed by atoms with Crippen LogP contribution in [-0.2, 0) is 52.2 Å². The molecule has 13 nitrogen and oxygen atoms in total. The standard InChI is InChI=1S/C42H75NO12/c1-17-32-42(10,46)30(18-19-44)25(3)20-24(2)22-40(8,49-15)36(55-39-35(47-13)31(43(11)12)21-26(4)51-39)27(5)34(28(6)38(45)53-32)54-33-23-41(9,50-16)37(48-14)29(7)52-33/h19-20,24,26-37,39,46H,17-18,21-23H2,1-16H3/b25-20-/t24-,26+,27-,28+,29-,30+,31-,32+,33-,34-,35+,36+,37-,39-,40+,41+,42-/m0/s1. The van der Waals surface area contributed by atoms with E-state index in [-0.39, 0.29) is 30.6 Å². The number of nitrogens with zero attached hydrogens (tertiary/aromatic N) is 1. The molecule has 0 aromatic carbocycles. The number of aldehydes is 1. The Labute approximate surface area is 331 Å². The number of hydrogen-bond acceptors (Lipinski definition) is 13. The molecule has 0 aromatic rings. The molecule has 2 fully saturated rings. The summed E-state index contributed by atoms with van der Waals surface area (Å²) in [5, 5.41) is 12.1. The molecule has 55 heavy (non-hydrogen) atoms. The first-order valence-corrected chi connectivity index (χ1v) is 20.2. The molecule has 13 heteroatoms. The average Bonchev–Trinajstić information content (AvgIpc) is 3.12. The zero-order valence-corrected chi connectivity index (χ0v) is 36.7. The van der Waals surface area contributed by atoms with Gasteiger partial charge in [0.15, 0.2) is 12.6 Å². The van der Waals surface area contributed by atoms with Crippen LogP contribution in [-0.4, -0.2) is 143 Å². The lowest BCUT2D eigenvalue weighted by Crippen LogP contribution is -2.61. The van der Waals surface area contributed by atoms with Crippen LogP contribution in [0.15, 0.2) is 11.6 Å². The summed E-state index contributed by atoms with van der Waals surface area (Å²) in [6, 6.07) is 0.0120. The van der Waals surface area contributed by atoms with E-state index in [4.69, 9.17) is 42.6 Å². The minimum atomic E-state index is -1.54. The first-order valence-electron chi connectivity index (χ1n) is 20.2. The van der Waals surface area contributed by atoms with Crippen molar-refractivity contribution < 1.29 is 57.3 Å². The highest BCUT2D eigenvalue weighted by Gasteiger charge is 2.53. The van der Waals surface area contributed by atoms with Crippen molar-refractivity contribution in [3.63, 3.8) is 0 Å². The maximum Gasteiger partial charge on any atom is 0.311 e. The first kappa shape index (κ1) is 47.9. The van der Waals surface area contributed by atoms with E-state index in [9.17, 15) is 14.7 Å². The molecule has 0 aromatic heterocycles. The van der Waals surface area contributed by atoms with Crippen molar-refractivity contribution in [3.8, 4) is 0 Å². The number of allylic oxidation sites excluding steroid dienone is 1. The molecule has 17 atom stereocenters. The average molecular weight is 786 g/mol. The third-order valence-electron chi connectivity index (χ3n) is 12.9. The zero-order valence-electron chi connectivity index (χ0n) is 36.7. The third kappa shape index (κ3) is 10.8. The lowest BCUT2D eigenvalue weighted by Gasteiger charge is -2.50. The molecule has 3 rings (SSSR count). The maximum atomic E-state index is 14.5. The summed E-state index contributed by atoms with van der Waals surface area (Å²) in [5.74, 6) is -2.65. The van der Waals surface area contributed by atoms with Crippen LogP contribution in [0.25, 0.3) is 0 Å². The lowest BCUT2D eigenvalue weighted by atomic mass is 9.74. The number of carbonyl (C=O) groups excluding carboxylic acids is 2. The van der Waals surface area contributed by atoms with Gasteiger partial charge in [0.05, 0.1) is 41.5 Å². The van der Waals surface area contributed by atoms with Crippen LogP contribution in [0.5, 0.6) is 0 Å². The van der Waals surface area contributed by atoms with Crippen molar-refractivity contribution in [1.29, 1.82) is 0 Å². The van der Waals surface area contributed by atoms with E-state index in [2.05, 4.69) is 17.9 Å². The van der Waals surface area contributed by atoms with Crippen molar-refractivity contribution in [3.05, 3.63) is 11.6 Å². The summed E-state index contributed by atoms with van der Waals surface area (Å²) < 4.78 is 57.8. The smallest absolute Gasteiger partial charge is 0.311 e. The fourth-order valence-corrected chi connectivity index (χ4v) is 9.72. The number of aliphatic hydroxyl groups is 1. The van der Waals surface area contributed by atoms with Gasteiger partial charge in [0.1, 0.15) is 30.2 Å². The molecule has 3 aliphatic rings. The fourth-order valence-electron chi connectivity index (χ4n) is 9.72. The Morgan fingerprint density at radius 3 is 2.05 bits per heavy atom. The third-order valence-corrected chi connectivity index (χ3v) is 12.9. The number of rotatable bonds is 12. The Kier molecular flexibility index (Phi) is 17.4. The largest absolute Gasteiger partial charge is 0.459 e. The van der Waals surface area contributed by atoms with Crippen molar-refractivity contribution in [2.75, 3.05) is 42.5 Å². The quantitative estimate of drug-likeness (QED) is 0.155. The van der Waals surface area contributed by atoms with Gasteiger partial charge in [-0.1, -0.05) is 32.4 Å². The summed E-state index contributed by atoms with van der Waals surface area (Å²) in [5.41, 5.74) is -2.44. The molecule has 320 valence electrons. The van der Waals surface area contributed by atoms with E-state index in [1.165, 1.54) is 0 Å². The summed E-state index contributed by atoms with van der Waals surface area (Å²) >= 11 is 0. The monoisotopic (exact) mass is 786 g/mol. The van der Waals surface area contributed by atoms with Gasteiger partial charge in [-0.25, -0.2) is 0 Å². The van der Waals surface area contributed by atoms with Crippen LogP contribution in [0.4, 0.5) is 0 Å². The van der Waals surface area contributed by atoms with Gasteiger partial charge in [0.25, 0.3) is 0 Å². The number of likely N-dealkylation sites (N-methyl/N-ethyl adjacent to an activating group) is 1. The van der Waals surface area contributed by atoms with E-state index in [0.717, 1.165) is 18.3 Å². The van der Waals surface area contributed by atoms with Gasteiger partial charge in [0, 0.05) is 59.2 Å². The Bertz CT molecular complexity index is 1260. The summed E-state index contributed by atoms with van der Waals surface area (Å²) in [6.45, 7) is 19.2. The molecule has 3 heterocycles. The first-order chi connectivity index (χ1) is 25.7. The number of ether oxygens (including phenoxy) is 9. The topological polar surface area (TPSA) is 141 Å². The van der Waals surface area contributed by atoms with Gasteiger partial charge in [-0.2, -0.15) is 0 Å². The normalized spacial score (nSPS) is 46.4. The molecule has 0 radical (unpaired) electrons. The van der Waals surface area contributed by atoms with E-state index in [1.54, 1.807) is 42.3 Å². The van der Waals surface area contributed by atoms with Crippen LogP contribution >= 0.6 is 0 Å². The SMILES string of the molecule is CC[C@H]1OC(=O)[C@H](C)[C@@H](O[C@H]2C[C@@](C)(OC)[C@@H](OC)[C@H](C)O2)[C@H](C)[C@@H](O[C@@H]2O[C@H](C)C[C@H](N(C)C)[C@H]2OC)[C@](C)(OC)C[C@@H](C)/C=C(/C)[C@@H](CC=O)[C@]1(C)O.